The van der Waals surface area contributed by atoms with Gasteiger partial charge in [0.1, 0.15) is 0 Å². The molecule has 0 spiro atoms. The molecule has 0 saturated heterocycles. The van der Waals surface area contributed by atoms with E-state index in [0.29, 0.717) is 0 Å². The van der Waals surface area contributed by atoms with Gasteiger partial charge < -0.3 is 0 Å². The van der Waals surface area contributed by atoms with Crippen molar-refractivity contribution in [1.29, 1.82) is 0 Å². The minimum absolute atomic E-state index is 0. The second kappa shape index (κ2) is 15.8. The van der Waals surface area contributed by atoms with Gasteiger partial charge in [0.15, 0.2) is 0 Å². The second-order valence-electron chi connectivity index (χ2n) is 11.5. The van der Waals surface area contributed by atoms with E-state index in [1.165, 1.54) is 67.2 Å². The summed E-state index contributed by atoms with van der Waals surface area (Å²) in [4.78, 5) is 14.1. The fraction of sp³-hybridized carbons (Fsp3) is 0.710. The number of fused-ring (bicyclic) bond motifs is 1. The first-order chi connectivity index (χ1) is 17.3. The third-order valence-corrected chi connectivity index (χ3v) is 13.7. The van der Waals surface area contributed by atoms with Crippen LogP contribution in [0.1, 0.15) is 134 Å². The fourth-order valence-corrected chi connectivity index (χ4v) is 12.5. The molecule has 1 aromatic rings. The Morgan fingerprint density at radius 2 is 1.38 bits per heavy atom. The van der Waals surface area contributed by atoms with Gasteiger partial charge in [-0.15, -0.1) is 0 Å². The van der Waals surface area contributed by atoms with Crippen molar-refractivity contribution in [3.8, 4) is 0 Å². The molecule has 210 valence electrons. The summed E-state index contributed by atoms with van der Waals surface area (Å²) in [5, 5.41) is 0. The van der Waals surface area contributed by atoms with Crippen LogP contribution in [0.3, 0.4) is 0 Å². The van der Waals surface area contributed by atoms with Crippen LogP contribution in [0, 0.1) is 5.92 Å². The van der Waals surface area contributed by atoms with E-state index < -0.39 is 17.6 Å². The molecule has 0 aromatic heterocycles. The van der Waals surface area contributed by atoms with Crippen LogP contribution in [-0.2, 0) is 29.1 Å². The summed E-state index contributed by atoms with van der Waals surface area (Å²) < 4.78 is 17.3. The molecule has 0 aliphatic heterocycles. The molecule has 1 unspecified atom stereocenters. The molecular formula is C31H55NO3SiTi. The van der Waals surface area contributed by atoms with E-state index >= 15 is 0 Å². The van der Waals surface area contributed by atoms with E-state index in [1.54, 1.807) is 0 Å². The number of amides is 1. The summed E-state index contributed by atoms with van der Waals surface area (Å²) in [6.07, 6.45) is 14.3. The predicted molar refractivity (Wildman–Crippen MR) is 158 cm³/mol. The van der Waals surface area contributed by atoms with Gasteiger partial charge in [-0.2, -0.15) is 0 Å². The average molecular weight is 566 g/mol. The number of rotatable bonds is 8. The van der Waals surface area contributed by atoms with E-state index in [4.69, 9.17) is 6.64 Å². The number of allylic oxidation sites excluding steroid dienone is 2. The Bertz CT molecular complexity index is 863. The Labute approximate surface area is 236 Å². The third kappa shape index (κ3) is 8.63. The van der Waals surface area contributed by atoms with Gasteiger partial charge in [-0.05, 0) is 11.0 Å². The van der Waals surface area contributed by atoms with Crippen molar-refractivity contribution in [1.82, 2.24) is 3.80 Å². The van der Waals surface area contributed by atoms with Crippen LogP contribution in [0.25, 0.3) is 5.57 Å². The molecule has 0 heterocycles. The molecule has 1 aromatic carbocycles. The summed E-state index contributed by atoms with van der Waals surface area (Å²) in [7, 11) is 0. The zero-order chi connectivity index (χ0) is 26.1. The largest absolute Gasteiger partial charge is 0.0149 e. The Kier molecular flexibility index (Phi) is 13.8. The van der Waals surface area contributed by atoms with Crippen LogP contribution < -0.4 is 3.80 Å². The molecule has 4 nitrogen and oxygen atoms in total. The number of carbonyl (C=O) groups is 1. The average Bonchev–Trinajstić information content (AvgIpc) is 3.09. The maximum absolute atomic E-state index is 14.1. The first-order valence-electron chi connectivity index (χ1n) is 14.8. The van der Waals surface area contributed by atoms with Crippen LogP contribution >= 0.6 is 0 Å². The summed E-state index contributed by atoms with van der Waals surface area (Å²) >= 11 is -3.93. The SMILES string of the molecule is CCC1=C(C)[CH]([Ti]([NH]C(=O)C2CCCCCCCCCCC2)([O]C(C)C)[O]C(C)C)c2ccccc21.[SiH4]. The van der Waals surface area contributed by atoms with E-state index in [9.17, 15) is 4.79 Å². The van der Waals surface area contributed by atoms with Gasteiger partial charge in [0.25, 0.3) is 0 Å². The van der Waals surface area contributed by atoms with Crippen LogP contribution in [0.5, 0.6) is 0 Å². The molecule has 1 N–H and O–H groups in total. The Morgan fingerprint density at radius 1 is 0.892 bits per heavy atom. The smallest absolute Gasteiger partial charge is 0.0149 e. The molecular weight excluding hydrogens is 510 g/mol. The van der Waals surface area contributed by atoms with E-state index in [0.717, 1.165) is 32.1 Å². The van der Waals surface area contributed by atoms with E-state index in [2.05, 4.69) is 69.6 Å². The van der Waals surface area contributed by atoms with Crippen LogP contribution in [0.4, 0.5) is 0 Å². The standard InChI is InChI=1S/C13H25NO.C12H13.2C3H7O.H4Si.Ti/c14-13(15)12-10-8-6-4-2-1-3-5-7-9-11-12;1-3-11-9(2)8-10-6-4-5-7-12(10)11;2*1-3(2)4;;/h12H,1-11H2,(H2,14,15);4-8H,3H2,1-2H3;2*3H,1-2H3;1H4;/q;;2*-1;;+3/p-1. The second-order valence-corrected chi connectivity index (χ2v) is 15.6. The predicted octanol–water partition coefficient (Wildman–Crippen LogP) is 7.26. The molecule has 37 heavy (non-hydrogen) atoms. The van der Waals surface area contributed by atoms with Crippen molar-refractivity contribution in [3.63, 3.8) is 0 Å². The maximum atomic E-state index is 14.1. The van der Waals surface area contributed by atoms with Crippen molar-refractivity contribution < 1.29 is 29.1 Å². The minimum atomic E-state index is -3.93. The molecule has 0 radical (unpaired) electrons. The fourth-order valence-electron chi connectivity index (χ4n) is 6.30. The molecule has 1 amide bonds. The Hall–Kier alpha value is -0.719. The van der Waals surface area contributed by atoms with E-state index in [-0.39, 0.29) is 39.2 Å². The quantitative estimate of drug-likeness (QED) is 0.338. The maximum Gasteiger partial charge on any atom is -0.0149 e. The topological polar surface area (TPSA) is 47.6 Å². The number of hydrogen-bond donors (Lipinski definition) is 1. The van der Waals surface area contributed by atoms with Crippen LogP contribution in [-0.4, -0.2) is 29.1 Å². The van der Waals surface area contributed by atoms with Crippen molar-refractivity contribution >= 4 is 22.4 Å². The Morgan fingerprint density at radius 3 is 1.86 bits per heavy atom. The molecule has 1 fully saturated rings. The van der Waals surface area contributed by atoms with Gasteiger partial charge in [0.2, 0.25) is 0 Å². The zero-order valence-electron chi connectivity index (χ0n) is 23.8. The zero-order valence-corrected chi connectivity index (χ0v) is 25.4. The third-order valence-electron chi connectivity index (χ3n) is 7.83. The van der Waals surface area contributed by atoms with Gasteiger partial charge >= 0.3 is 226 Å². The van der Waals surface area contributed by atoms with Gasteiger partial charge in [0, 0.05) is 0 Å². The molecule has 2 aliphatic rings. The van der Waals surface area contributed by atoms with Crippen molar-refractivity contribution in [3.05, 3.63) is 41.0 Å². The van der Waals surface area contributed by atoms with Crippen LogP contribution in [0.15, 0.2) is 29.8 Å². The monoisotopic (exact) mass is 565 g/mol. The molecule has 2 aliphatic carbocycles. The summed E-state index contributed by atoms with van der Waals surface area (Å²) in [5.74, 6) is 0.219. The number of carbonyl (C=O) groups excluding carboxylic acids is 1. The van der Waals surface area contributed by atoms with Crippen LogP contribution in [0.2, 0.25) is 0 Å². The first kappa shape index (κ1) is 32.5. The van der Waals surface area contributed by atoms with Crippen molar-refractivity contribution in [2.45, 2.75) is 135 Å². The molecule has 1 saturated carbocycles. The molecule has 0 bridgehead atoms. The normalized spacial score (nSPS) is 20.3. The van der Waals surface area contributed by atoms with Gasteiger partial charge in [-0.3, -0.25) is 0 Å². The van der Waals surface area contributed by atoms with Crippen molar-refractivity contribution in [2.75, 3.05) is 0 Å². The minimum Gasteiger partial charge on any atom is -0.0149 e. The van der Waals surface area contributed by atoms with Gasteiger partial charge in [-0.1, -0.05) is 0 Å². The van der Waals surface area contributed by atoms with E-state index in [1.807, 2.05) is 0 Å². The summed E-state index contributed by atoms with van der Waals surface area (Å²) in [6.45, 7) is 12.8. The Balaban J connectivity index is 0.00000481. The molecule has 6 heteroatoms. The summed E-state index contributed by atoms with van der Waals surface area (Å²) in [5.41, 5.74) is 5.27. The van der Waals surface area contributed by atoms with Gasteiger partial charge in [-0.25, -0.2) is 0 Å². The molecule has 1 atom stereocenters. The van der Waals surface area contributed by atoms with Gasteiger partial charge in [0.05, 0.1) is 0 Å². The number of hydrogen-bond acceptors (Lipinski definition) is 3. The summed E-state index contributed by atoms with van der Waals surface area (Å²) in [6, 6.07) is 8.69. The first-order valence-corrected chi connectivity index (χ1v) is 17.7. The molecule has 3 rings (SSSR count). The number of benzene rings is 1. The number of nitrogens with one attached hydrogen (secondary N) is 1. The van der Waals surface area contributed by atoms with Crippen molar-refractivity contribution in [2.24, 2.45) is 5.92 Å².